The van der Waals surface area contributed by atoms with Crippen LogP contribution >= 0.6 is 11.5 Å². The summed E-state index contributed by atoms with van der Waals surface area (Å²) < 4.78 is 42.8. The smallest absolute Gasteiger partial charge is 0.324 e. The number of fused-ring (bicyclic) bond motifs is 1. The summed E-state index contributed by atoms with van der Waals surface area (Å²) in [5.41, 5.74) is 0.351. The van der Waals surface area contributed by atoms with Crippen molar-refractivity contribution in [3.8, 4) is 0 Å². The van der Waals surface area contributed by atoms with Gasteiger partial charge in [-0.05, 0) is 42.7 Å². The maximum atomic E-state index is 12.5. The lowest BCUT2D eigenvalue weighted by Crippen LogP contribution is -2.24. The number of carbonyl (C=O) groups excluding carboxylic acids is 1. The van der Waals surface area contributed by atoms with Crippen molar-refractivity contribution in [3.05, 3.63) is 41.5 Å². The van der Waals surface area contributed by atoms with E-state index in [9.17, 15) is 18.0 Å². The highest BCUT2D eigenvalue weighted by molar-refractivity contribution is 7.04. The number of nitrogens with zero attached hydrogens (tertiary/aromatic N) is 3. The lowest BCUT2D eigenvalue weighted by Gasteiger charge is -2.13. The Morgan fingerprint density at radius 3 is 2.83 bits per heavy atom. The first-order valence-corrected chi connectivity index (χ1v) is 7.45. The van der Waals surface area contributed by atoms with Crippen LogP contribution in [-0.2, 0) is 11.0 Å². The van der Waals surface area contributed by atoms with Gasteiger partial charge in [0.15, 0.2) is 5.69 Å². The maximum Gasteiger partial charge on any atom is 0.435 e. The molecule has 3 rings (SSSR count). The third-order valence-electron chi connectivity index (χ3n) is 3.30. The molecule has 3 aromatic rings. The Labute approximate surface area is 132 Å². The zero-order valence-corrected chi connectivity index (χ0v) is 12.6. The number of rotatable bonds is 3. The Morgan fingerprint density at radius 1 is 1.35 bits per heavy atom. The van der Waals surface area contributed by atoms with Crippen LogP contribution in [0.15, 0.2) is 35.8 Å². The molecular weight excluding hydrogens is 329 g/mol. The van der Waals surface area contributed by atoms with Crippen molar-refractivity contribution >= 4 is 34.0 Å². The Morgan fingerprint density at radius 2 is 2.13 bits per heavy atom. The normalized spacial score (nSPS) is 13.2. The second-order valence-corrected chi connectivity index (χ2v) is 5.56. The summed E-state index contributed by atoms with van der Waals surface area (Å²) in [7, 11) is 0. The third-order valence-corrected chi connectivity index (χ3v) is 3.96. The van der Waals surface area contributed by atoms with Crippen molar-refractivity contribution in [2.75, 3.05) is 5.32 Å². The van der Waals surface area contributed by atoms with Crippen molar-refractivity contribution < 1.29 is 18.0 Å². The molecule has 1 amide bonds. The van der Waals surface area contributed by atoms with Gasteiger partial charge in [-0.3, -0.25) is 9.48 Å². The molecule has 1 atom stereocenters. The molecule has 1 unspecified atom stereocenters. The van der Waals surface area contributed by atoms with Gasteiger partial charge in [-0.1, -0.05) is 0 Å². The van der Waals surface area contributed by atoms with E-state index in [0.29, 0.717) is 5.69 Å². The Kier molecular flexibility index (Phi) is 3.80. The van der Waals surface area contributed by atoms with E-state index in [1.165, 1.54) is 18.5 Å². The van der Waals surface area contributed by atoms with Gasteiger partial charge in [0.05, 0.1) is 5.52 Å². The van der Waals surface area contributed by atoms with E-state index >= 15 is 0 Å². The van der Waals surface area contributed by atoms with E-state index in [0.717, 1.165) is 27.8 Å². The molecule has 23 heavy (non-hydrogen) atoms. The average Bonchev–Trinajstić information content (AvgIpc) is 3.14. The van der Waals surface area contributed by atoms with Gasteiger partial charge < -0.3 is 5.32 Å². The third kappa shape index (κ3) is 3.19. The average molecular weight is 340 g/mol. The van der Waals surface area contributed by atoms with Crippen molar-refractivity contribution in [1.82, 2.24) is 14.2 Å². The molecule has 2 heterocycles. The molecule has 2 aromatic heterocycles. The topological polar surface area (TPSA) is 59.8 Å². The molecular formula is C14H11F3N4OS. The molecule has 0 saturated carbocycles. The van der Waals surface area contributed by atoms with E-state index < -0.39 is 23.8 Å². The van der Waals surface area contributed by atoms with Gasteiger partial charge >= 0.3 is 6.18 Å². The number of amides is 1. The summed E-state index contributed by atoms with van der Waals surface area (Å²) in [5, 5.41) is 8.81. The van der Waals surface area contributed by atoms with Crippen LogP contribution in [0.25, 0.3) is 10.9 Å². The molecule has 0 bridgehead atoms. The molecule has 1 N–H and O–H groups in total. The number of carbonyl (C=O) groups is 1. The number of halogens is 3. The summed E-state index contributed by atoms with van der Waals surface area (Å²) in [6.07, 6.45) is -3.39. The summed E-state index contributed by atoms with van der Waals surface area (Å²) in [6.45, 7) is 1.48. The van der Waals surface area contributed by atoms with Crippen LogP contribution in [0.5, 0.6) is 0 Å². The lowest BCUT2D eigenvalue weighted by atomic mass is 10.2. The summed E-state index contributed by atoms with van der Waals surface area (Å²) in [4.78, 5) is 12.2. The second-order valence-electron chi connectivity index (χ2n) is 4.93. The van der Waals surface area contributed by atoms with Crippen molar-refractivity contribution in [3.63, 3.8) is 0 Å². The van der Waals surface area contributed by atoms with E-state index in [4.69, 9.17) is 0 Å². The van der Waals surface area contributed by atoms with Crippen molar-refractivity contribution in [1.29, 1.82) is 0 Å². The number of alkyl halides is 3. The fraction of sp³-hybridized carbons (Fsp3) is 0.214. The number of hydrogen-bond acceptors (Lipinski definition) is 4. The summed E-state index contributed by atoms with van der Waals surface area (Å²) in [5.74, 6) is -0.454. The first-order chi connectivity index (χ1) is 10.8. The molecule has 0 aliphatic rings. The summed E-state index contributed by atoms with van der Waals surface area (Å²) >= 11 is 1.31. The fourth-order valence-corrected chi connectivity index (χ4v) is 2.66. The Hall–Kier alpha value is -2.42. The molecule has 1 aromatic carbocycles. The van der Waals surface area contributed by atoms with Gasteiger partial charge in [-0.25, -0.2) is 0 Å². The molecule has 0 radical (unpaired) electrons. The van der Waals surface area contributed by atoms with E-state index in [1.54, 1.807) is 18.2 Å². The van der Waals surface area contributed by atoms with Crippen LogP contribution < -0.4 is 5.32 Å². The zero-order chi connectivity index (χ0) is 16.6. The van der Waals surface area contributed by atoms with Crippen molar-refractivity contribution in [2.45, 2.75) is 19.1 Å². The van der Waals surface area contributed by atoms with Gasteiger partial charge in [0.1, 0.15) is 6.04 Å². The minimum Gasteiger partial charge on any atom is -0.324 e. The van der Waals surface area contributed by atoms with Crippen LogP contribution in [0.4, 0.5) is 18.9 Å². The Bertz CT molecular complexity index is 855. The molecule has 5 nitrogen and oxygen atoms in total. The molecule has 0 aliphatic carbocycles. The van der Waals surface area contributed by atoms with Crippen LogP contribution in [0.3, 0.4) is 0 Å². The molecule has 0 spiro atoms. The van der Waals surface area contributed by atoms with E-state index in [-0.39, 0.29) is 0 Å². The van der Waals surface area contributed by atoms with Gasteiger partial charge in [0.2, 0.25) is 5.91 Å². The molecule has 0 fully saturated rings. The minimum atomic E-state index is -4.53. The SMILES string of the molecule is CC(C(=O)Nc1ccc2nscc2c1)n1ccc(C(F)(F)F)n1. The lowest BCUT2D eigenvalue weighted by molar-refractivity contribution is -0.141. The highest BCUT2D eigenvalue weighted by Gasteiger charge is 2.34. The fourth-order valence-electron chi connectivity index (χ4n) is 2.02. The first kappa shape index (κ1) is 15.5. The molecule has 120 valence electrons. The number of anilines is 1. The minimum absolute atomic E-state index is 0.454. The van der Waals surface area contributed by atoms with Crippen LogP contribution in [0.2, 0.25) is 0 Å². The van der Waals surface area contributed by atoms with Gasteiger partial charge in [0.25, 0.3) is 0 Å². The monoisotopic (exact) mass is 340 g/mol. The van der Waals surface area contributed by atoms with Gasteiger partial charge in [0, 0.05) is 22.7 Å². The second kappa shape index (κ2) is 5.65. The number of hydrogen-bond donors (Lipinski definition) is 1. The van der Waals surface area contributed by atoms with Gasteiger partial charge in [-0.2, -0.15) is 22.6 Å². The van der Waals surface area contributed by atoms with E-state index in [2.05, 4.69) is 14.8 Å². The first-order valence-electron chi connectivity index (χ1n) is 6.62. The number of benzene rings is 1. The number of nitrogens with one attached hydrogen (secondary N) is 1. The predicted molar refractivity (Wildman–Crippen MR) is 80.2 cm³/mol. The quantitative estimate of drug-likeness (QED) is 0.791. The molecule has 0 saturated heterocycles. The van der Waals surface area contributed by atoms with Gasteiger partial charge in [-0.15, -0.1) is 0 Å². The summed E-state index contributed by atoms with van der Waals surface area (Å²) in [6, 6.07) is 5.18. The zero-order valence-electron chi connectivity index (χ0n) is 11.8. The predicted octanol–water partition coefficient (Wildman–Crippen LogP) is 3.71. The van der Waals surface area contributed by atoms with Crippen LogP contribution in [0.1, 0.15) is 18.7 Å². The van der Waals surface area contributed by atoms with Crippen molar-refractivity contribution in [2.24, 2.45) is 0 Å². The van der Waals surface area contributed by atoms with E-state index in [1.807, 2.05) is 5.38 Å². The largest absolute Gasteiger partial charge is 0.435 e. The van der Waals surface area contributed by atoms with Crippen LogP contribution in [0, 0.1) is 0 Å². The highest BCUT2D eigenvalue weighted by Crippen LogP contribution is 2.28. The standard InChI is InChI=1S/C14H11F3N4OS/c1-8(21-5-4-12(19-21)14(15,16)17)13(22)18-10-2-3-11-9(6-10)7-23-20-11/h2-8H,1H3,(H,18,22). The molecule has 0 aliphatic heterocycles. The number of aromatic nitrogens is 3. The Balaban J connectivity index is 1.75. The maximum absolute atomic E-state index is 12.5. The highest BCUT2D eigenvalue weighted by atomic mass is 32.1. The van der Waals surface area contributed by atoms with Crippen LogP contribution in [-0.4, -0.2) is 20.1 Å². The molecule has 9 heteroatoms.